The minimum Gasteiger partial charge on any atom is -0.327 e. The van der Waals surface area contributed by atoms with Crippen LogP contribution >= 0.6 is 0 Å². The number of hydrogen-bond donors (Lipinski definition) is 1. The molecule has 3 heterocycles. The van der Waals surface area contributed by atoms with Gasteiger partial charge in [0.2, 0.25) is 0 Å². The summed E-state index contributed by atoms with van der Waals surface area (Å²) in [5, 5.41) is 7.24. The van der Waals surface area contributed by atoms with E-state index in [-0.39, 0.29) is 11.8 Å². The summed E-state index contributed by atoms with van der Waals surface area (Å²) in [5.41, 5.74) is 2.62. The first-order valence-electron chi connectivity index (χ1n) is 7.62. The Morgan fingerprint density at radius 3 is 2.50 bits per heavy atom. The van der Waals surface area contributed by atoms with Crippen LogP contribution in [0.3, 0.4) is 0 Å². The first kappa shape index (κ1) is 13.1. The second kappa shape index (κ2) is 4.55. The predicted molar refractivity (Wildman–Crippen MR) is 87.0 cm³/mol. The van der Waals surface area contributed by atoms with Crippen LogP contribution in [0.1, 0.15) is 32.4 Å². The highest BCUT2D eigenvalue weighted by Gasteiger charge is 2.45. The maximum absolute atomic E-state index is 12.9. The van der Waals surface area contributed by atoms with Gasteiger partial charge in [-0.25, -0.2) is 4.68 Å². The number of hydrogen-bond acceptors (Lipinski definition) is 3. The van der Waals surface area contributed by atoms with E-state index in [0.29, 0.717) is 16.9 Å². The molecule has 6 heteroatoms. The SMILES string of the molecule is O=C1N[C@H]2c3ccccc3C(=O)N2c2c1cnn2-c1ccccc1. The van der Waals surface area contributed by atoms with Crippen LogP contribution in [0.2, 0.25) is 0 Å². The lowest BCUT2D eigenvalue weighted by Gasteiger charge is -2.31. The van der Waals surface area contributed by atoms with Gasteiger partial charge in [-0.05, 0) is 18.2 Å². The number of carbonyl (C=O) groups excluding carboxylic acids is 2. The van der Waals surface area contributed by atoms with Crippen molar-refractivity contribution in [3.63, 3.8) is 0 Å². The predicted octanol–water partition coefficient (Wildman–Crippen LogP) is 2.27. The highest BCUT2D eigenvalue weighted by atomic mass is 16.2. The van der Waals surface area contributed by atoms with Gasteiger partial charge in [0, 0.05) is 11.1 Å². The molecule has 1 atom stereocenters. The number of fused-ring (bicyclic) bond motifs is 5. The molecule has 1 N–H and O–H groups in total. The third-order valence-electron chi connectivity index (χ3n) is 4.45. The summed E-state index contributed by atoms with van der Waals surface area (Å²) in [7, 11) is 0. The molecule has 2 aliphatic heterocycles. The van der Waals surface area contributed by atoms with E-state index < -0.39 is 6.17 Å². The molecule has 2 aliphatic rings. The number of aromatic nitrogens is 2. The lowest BCUT2D eigenvalue weighted by atomic mass is 10.1. The fraction of sp³-hybridized carbons (Fsp3) is 0.0556. The fourth-order valence-electron chi connectivity index (χ4n) is 3.37. The molecule has 0 saturated carbocycles. The molecule has 0 saturated heterocycles. The zero-order valence-corrected chi connectivity index (χ0v) is 12.5. The Morgan fingerprint density at radius 2 is 1.67 bits per heavy atom. The zero-order chi connectivity index (χ0) is 16.3. The number of amides is 2. The minimum absolute atomic E-state index is 0.130. The molecule has 24 heavy (non-hydrogen) atoms. The molecule has 2 amide bonds. The Kier molecular flexibility index (Phi) is 2.48. The van der Waals surface area contributed by atoms with Crippen molar-refractivity contribution in [3.05, 3.63) is 77.5 Å². The third kappa shape index (κ3) is 1.57. The number of anilines is 1. The van der Waals surface area contributed by atoms with E-state index >= 15 is 0 Å². The molecule has 6 nitrogen and oxygen atoms in total. The van der Waals surface area contributed by atoms with Crippen molar-refractivity contribution in [1.29, 1.82) is 0 Å². The number of para-hydroxylation sites is 1. The van der Waals surface area contributed by atoms with Gasteiger partial charge in [-0.3, -0.25) is 14.5 Å². The average Bonchev–Trinajstić information content (AvgIpc) is 3.17. The van der Waals surface area contributed by atoms with Gasteiger partial charge in [-0.2, -0.15) is 5.10 Å². The zero-order valence-electron chi connectivity index (χ0n) is 12.5. The lowest BCUT2D eigenvalue weighted by molar-refractivity contribution is 0.0911. The summed E-state index contributed by atoms with van der Waals surface area (Å²) >= 11 is 0. The van der Waals surface area contributed by atoms with Crippen molar-refractivity contribution in [2.45, 2.75) is 6.17 Å². The molecule has 0 radical (unpaired) electrons. The summed E-state index contributed by atoms with van der Waals surface area (Å²) in [6, 6.07) is 16.8. The first-order chi connectivity index (χ1) is 11.8. The van der Waals surface area contributed by atoms with Crippen molar-refractivity contribution in [2.75, 3.05) is 4.90 Å². The monoisotopic (exact) mass is 316 g/mol. The molecular formula is C18H12N4O2. The first-order valence-corrected chi connectivity index (χ1v) is 7.62. The molecule has 0 spiro atoms. The Bertz CT molecular complexity index is 993. The number of carbonyl (C=O) groups is 2. The van der Waals surface area contributed by atoms with Crippen molar-refractivity contribution in [3.8, 4) is 5.69 Å². The Hall–Kier alpha value is -3.41. The van der Waals surface area contributed by atoms with E-state index in [1.807, 2.05) is 48.5 Å². The van der Waals surface area contributed by atoms with Crippen LogP contribution in [0.25, 0.3) is 5.69 Å². The van der Waals surface area contributed by atoms with Crippen molar-refractivity contribution in [2.24, 2.45) is 0 Å². The van der Waals surface area contributed by atoms with Crippen LogP contribution in [-0.2, 0) is 0 Å². The maximum atomic E-state index is 12.9. The van der Waals surface area contributed by atoms with Gasteiger partial charge < -0.3 is 5.32 Å². The molecule has 116 valence electrons. The summed E-state index contributed by atoms with van der Waals surface area (Å²) in [6.07, 6.45) is 1.01. The second-order valence-corrected chi connectivity index (χ2v) is 5.77. The van der Waals surface area contributed by atoms with Crippen LogP contribution in [0.4, 0.5) is 5.82 Å². The van der Waals surface area contributed by atoms with Gasteiger partial charge in [0.05, 0.1) is 11.9 Å². The van der Waals surface area contributed by atoms with E-state index in [4.69, 9.17) is 0 Å². The smallest absolute Gasteiger partial charge is 0.261 e. The number of benzene rings is 2. The van der Waals surface area contributed by atoms with Gasteiger partial charge in [-0.15, -0.1) is 0 Å². The Morgan fingerprint density at radius 1 is 0.917 bits per heavy atom. The molecule has 0 aliphatic carbocycles. The van der Waals surface area contributed by atoms with E-state index in [1.165, 1.54) is 6.20 Å². The number of nitrogens with zero attached hydrogens (tertiary/aromatic N) is 3. The third-order valence-corrected chi connectivity index (χ3v) is 4.45. The highest BCUT2D eigenvalue weighted by molar-refractivity contribution is 6.16. The Labute approximate surface area is 137 Å². The summed E-state index contributed by atoms with van der Waals surface area (Å²) in [4.78, 5) is 27.0. The molecule has 0 unspecified atom stereocenters. The van der Waals surface area contributed by atoms with E-state index in [9.17, 15) is 9.59 Å². The molecule has 3 aromatic rings. The molecule has 0 fully saturated rings. The van der Waals surface area contributed by atoms with Crippen LogP contribution < -0.4 is 10.2 Å². The van der Waals surface area contributed by atoms with E-state index in [0.717, 1.165) is 11.3 Å². The minimum atomic E-state index is -0.493. The van der Waals surface area contributed by atoms with Crippen LogP contribution in [-0.4, -0.2) is 21.6 Å². The van der Waals surface area contributed by atoms with Crippen molar-refractivity contribution in [1.82, 2.24) is 15.1 Å². The van der Waals surface area contributed by atoms with Gasteiger partial charge in [0.15, 0.2) is 5.82 Å². The molecule has 5 rings (SSSR count). The number of nitrogens with one attached hydrogen (secondary N) is 1. The summed E-state index contributed by atoms with van der Waals surface area (Å²) in [6.45, 7) is 0. The Balaban J connectivity index is 1.75. The quantitative estimate of drug-likeness (QED) is 0.749. The lowest BCUT2D eigenvalue weighted by Crippen LogP contribution is -2.45. The largest absolute Gasteiger partial charge is 0.327 e. The molecule has 1 aromatic heterocycles. The van der Waals surface area contributed by atoms with Gasteiger partial charge >= 0.3 is 0 Å². The molecular weight excluding hydrogens is 304 g/mol. The van der Waals surface area contributed by atoms with E-state index in [1.54, 1.807) is 15.6 Å². The standard InChI is InChI=1S/C18H12N4O2/c23-16-14-10-19-22(11-6-2-1-3-7-11)17(14)21-15(20-16)12-8-4-5-9-13(12)18(21)24/h1-10,15H,(H,20,23)/t15-/m1/s1. The average molecular weight is 316 g/mol. The van der Waals surface area contributed by atoms with Gasteiger partial charge in [-0.1, -0.05) is 36.4 Å². The van der Waals surface area contributed by atoms with Crippen molar-refractivity contribution >= 4 is 17.6 Å². The molecule has 2 aromatic carbocycles. The summed E-state index contributed by atoms with van der Waals surface area (Å²) in [5.74, 6) is 0.156. The van der Waals surface area contributed by atoms with Gasteiger partial charge in [0.25, 0.3) is 11.8 Å². The normalized spacial score (nSPS) is 18.0. The van der Waals surface area contributed by atoms with Crippen LogP contribution in [0.15, 0.2) is 60.8 Å². The second-order valence-electron chi connectivity index (χ2n) is 5.77. The van der Waals surface area contributed by atoms with E-state index in [2.05, 4.69) is 10.4 Å². The number of rotatable bonds is 1. The maximum Gasteiger partial charge on any atom is 0.261 e. The fourth-order valence-corrected chi connectivity index (χ4v) is 3.37. The van der Waals surface area contributed by atoms with Crippen LogP contribution in [0, 0.1) is 0 Å². The van der Waals surface area contributed by atoms with Crippen molar-refractivity contribution < 1.29 is 9.59 Å². The summed E-state index contributed by atoms with van der Waals surface area (Å²) < 4.78 is 1.64. The molecule has 0 bridgehead atoms. The van der Waals surface area contributed by atoms with Crippen LogP contribution in [0.5, 0.6) is 0 Å². The van der Waals surface area contributed by atoms with Gasteiger partial charge in [0.1, 0.15) is 11.7 Å². The topological polar surface area (TPSA) is 67.2 Å². The highest BCUT2D eigenvalue weighted by Crippen LogP contribution is 2.41.